The normalized spacial score (nSPS) is 10.9. The van der Waals surface area contributed by atoms with E-state index in [1.54, 1.807) is 0 Å². The van der Waals surface area contributed by atoms with Gasteiger partial charge in [0.15, 0.2) is 11.4 Å². The number of carbonyl (C=O) groups is 1. The van der Waals surface area contributed by atoms with Crippen molar-refractivity contribution in [3.05, 3.63) is 62.0 Å². The molecular formula is C15H9BrINO2. The summed E-state index contributed by atoms with van der Waals surface area (Å²) in [5.41, 5.74) is 2.13. The number of para-hydroxylation sites is 2. The highest BCUT2D eigenvalue weighted by molar-refractivity contribution is 14.1. The van der Waals surface area contributed by atoms with Crippen molar-refractivity contribution < 1.29 is 9.21 Å². The summed E-state index contributed by atoms with van der Waals surface area (Å²) in [7, 11) is 0. The SMILES string of the molecule is O=C(Cc1nc2ccccc2o1)c1cc(I)ccc1Br. The second-order valence-electron chi connectivity index (χ2n) is 4.30. The van der Waals surface area contributed by atoms with E-state index in [9.17, 15) is 4.79 Å². The fraction of sp³-hybridized carbons (Fsp3) is 0.0667. The van der Waals surface area contributed by atoms with Crippen molar-refractivity contribution in [2.75, 3.05) is 0 Å². The highest BCUT2D eigenvalue weighted by Crippen LogP contribution is 2.22. The second kappa shape index (κ2) is 5.65. The van der Waals surface area contributed by atoms with Gasteiger partial charge >= 0.3 is 0 Å². The molecule has 0 saturated carbocycles. The Labute approximate surface area is 137 Å². The number of fused-ring (bicyclic) bond motifs is 1. The zero-order valence-electron chi connectivity index (χ0n) is 10.3. The van der Waals surface area contributed by atoms with Crippen LogP contribution < -0.4 is 0 Å². The summed E-state index contributed by atoms with van der Waals surface area (Å²) >= 11 is 5.59. The molecular weight excluding hydrogens is 433 g/mol. The summed E-state index contributed by atoms with van der Waals surface area (Å²) in [6.45, 7) is 0. The fourth-order valence-corrected chi connectivity index (χ4v) is 2.90. The van der Waals surface area contributed by atoms with E-state index in [1.165, 1.54) is 0 Å². The number of oxazole rings is 1. The van der Waals surface area contributed by atoms with Crippen LogP contribution in [0.2, 0.25) is 0 Å². The predicted molar refractivity (Wildman–Crippen MR) is 88.9 cm³/mol. The molecule has 0 aliphatic carbocycles. The second-order valence-corrected chi connectivity index (χ2v) is 6.40. The van der Waals surface area contributed by atoms with Gasteiger partial charge in [-0.05, 0) is 52.9 Å². The average molecular weight is 442 g/mol. The molecule has 1 heterocycles. The number of rotatable bonds is 3. The zero-order valence-corrected chi connectivity index (χ0v) is 14.0. The molecule has 0 spiro atoms. The van der Waals surface area contributed by atoms with Gasteiger partial charge in [0, 0.05) is 13.6 Å². The smallest absolute Gasteiger partial charge is 0.203 e. The number of benzene rings is 2. The Morgan fingerprint density at radius 1 is 1.25 bits per heavy atom. The van der Waals surface area contributed by atoms with Crippen LogP contribution in [0.15, 0.2) is 51.4 Å². The van der Waals surface area contributed by atoms with Crippen LogP contribution in [0.25, 0.3) is 11.1 Å². The Morgan fingerprint density at radius 2 is 2.05 bits per heavy atom. The largest absolute Gasteiger partial charge is 0.440 e. The topological polar surface area (TPSA) is 43.1 Å². The number of ketones is 1. The molecule has 0 aliphatic rings. The first-order valence-electron chi connectivity index (χ1n) is 5.96. The fourth-order valence-electron chi connectivity index (χ4n) is 1.94. The molecule has 0 aliphatic heterocycles. The third-order valence-electron chi connectivity index (χ3n) is 2.88. The minimum absolute atomic E-state index is 0.0121. The van der Waals surface area contributed by atoms with Crippen molar-refractivity contribution >= 4 is 55.4 Å². The first-order chi connectivity index (χ1) is 9.63. The Kier molecular flexibility index (Phi) is 3.89. The van der Waals surface area contributed by atoms with Gasteiger partial charge < -0.3 is 4.42 Å². The molecule has 0 bridgehead atoms. The number of Topliss-reactive ketones (excluding diaryl/α,β-unsaturated/α-hetero) is 1. The molecule has 0 fully saturated rings. The van der Waals surface area contributed by atoms with E-state index in [0.29, 0.717) is 17.0 Å². The van der Waals surface area contributed by atoms with Gasteiger partial charge in [0.25, 0.3) is 0 Å². The van der Waals surface area contributed by atoms with E-state index < -0.39 is 0 Å². The first-order valence-corrected chi connectivity index (χ1v) is 7.83. The molecule has 3 nitrogen and oxygen atoms in total. The van der Waals surface area contributed by atoms with E-state index in [0.717, 1.165) is 13.6 Å². The number of nitrogens with zero attached hydrogens (tertiary/aromatic N) is 1. The predicted octanol–water partition coefficient (Wildman–Crippen LogP) is 4.62. The highest BCUT2D eigenvalue weighted by atomic mass is 127. The highest BCUT2D eigenvalue weighted by Gasteiger charge is 2.15. The molecule has 20 heavy (non-hydrogen) atoms. The number of hydrogen-bond acceptors (Lipinski definition) is 3. The lowest BCUT2D eigenvalue weighted by molar-refractivity contribution is 0.0985. The maximum Gasteiger partial charge on any atom is 0.203 e. The quantitative estimate of drug-likeness (QED) is 0.440. The van der Waals surface area contributed by atoms with Gasteiger partial charge in [0.1, 0.15) is 5.52 Å². The summed E-state index contributed by atoms with van der Waals surface area (Å²) < 4.78 is 7.39. The number of aromatic nitrogens is 1. The molecule has 0 atom stereocenters. The minimum atomic E-state index is -0.0121. The van der Waals surface area contributed by atoms with Crippen LogP contribution in [0.1, 0.15) is 16.2 Å². The Bertz CT molecular complexity index is 764. The van der Waals surface area contributed by atoms with Gasteiger partial charge in [-0.3, -0.25) is 4.79 Å². The summed E-state index contributed by atoms with van der Waals surface area (Å²) in [6.07, 6.45) is 0.160. The Morgan fingerprint density at radius 3 is 2.85 bits per heavy atom. The molecule has 0 saturated heterocycles. The van der Waals surface area contributed by atoms with E-state index in [4.69, 9.17) is 4.42 Å². The third kappa shape index (κ3) is 2.78. The number of hydrogen-bond donors (Lipinski definition) is 0. The lowest BCUT2D eigenvalue weighted by atomic mass is 10.1. The van der Waals surface area contributed by atoms with Crippen LogP contribution in [-0.2, 0) is 6.42 Å². The van der Waals surface area contributed by atoms with Gasteiger partial charge in [-0.25, -0.2) is 4.98 Å². The van der Waals surface area contributed by atoms with Gasteiger partial charge in [-0.2, -0.15) is 0 Å². The summed E-state index contributed by atoms with van der Waals surface area (Å²) in [5, 5.41) is 0. The Balaban J connectivity index is 1.90. The maximum absolute atomic E-state index is 12.3. The van der Waals surface area contributed by atoms with Crippen molar-refractivity contribution in [2.24, 2.45) is 0 Å². The molecule has 0 N–H and O–H groups in total. The third-order valence-corrected chi connectivity index (χ3v) is 4.24. The molecule has 5 heteroatoms. The first kappa shape index (κ1) is 13.8. The van der Waals surface area contributed by atoms with Crippen molar-refractivity contribution in [1.29, 1.82) is 0 Å². The molecule has 3 aromatic rings. The lowest BCUT2D eigenvalue weighted by Gasteiger charge is -2.02. The number of halogens is 2. The van der Waals surface area contributed by atoms with Crippen LogP contribution in [-0.4, -0.2) is 10.8 Å². The summed E-state index contributed by atoms with van der Waals surface area (Å²) in [5.74, 6) is 0.434. The van der Waals surface area contributed by atoms with E-state index in [1.807, 2.05) is 42.5 Å². The van der Waals surface area contributed by atoms with E-state index >= 15 is 0 Å². The van der Waals surface area contributed by atoms with Crippen LogP contribution in [0.4, 0.5) is 0 Å². The van der Waals surface area contributed by atoms with E-state index in [2.05, 4.69) is 43.5 Å². The van der Waals surface area contributed by atoms with Crippen LogP contribution in [0.3, 0.4) is 0 Å². The molecule has 3 rings (SSSR count). The number of carbonyl (C=O) groups excluding carboxylic acids is 1. The van der Waals surface area contributed by atoms with E-state index in [-0.39, 0.29) is 12.2 Å². The molecule has 0 amide bonds. The van der Waals surface area contributed by atoms with Crippen LogP contribution >= 0.6 is 38.5 Å². The summed E-state index contributed by atoms with van der Waals surface area (Å²) in [6, 6.07) is 13.2. The molecule has 1 aromatic heterocycles. The van der Waals surface area contributed by atoms with Crippen molar-refractivity contribution in [3.8, 4) is 0 Å². The molecule has 100 valence electrons. The van der Waals surface area contributed by atoms with Crippen molar-refractivity contribution in [2.45, 2.75) is 6.42 Å². The van der Waals surface area contributed by atoms with Gasteiger partial charge in [-0.1, -0.05) is 28.1 Å². The molecule has 0 radical (unpaired) electrons. The van der Waals surface area contributed by atoms with Gasteiger partial charge in [-0.15, -0.1) is 0 Å². The Hall–Kier alpha value is -1.21. The van der Waals surface area contributed by atoms with Gasteiger partial charge in [0.05, 0.1) is 6.42 Å². The van der Waals surface area contributed by atoms with Crippen LogP contribution in [0.5, 0.6) is 0 Å². The maximum atomic E-state index is 12.3. The minimum Gasteiger partial charge on any atom is -0.440 e. The summed E-state index contributed by atoms with van der Waals surface area (Å²) in [4.78, 5) is 16.7. The van der Waals surface area contributed by atoms with Crippen LogP contribution in [0, 0.1) is 3.57 Å². The average Bonchev–Trinajstić information content (AvgIpc) is 2.83. The molecule has 0 unspecified atom stereocenters. The standard InChI is InChI=1S/C15H9BrINO2/c16-11-6-5-9(17)7-10(11)13(19)8-15-18-12-3-1-2-4-14(12)20-15/h1-7H,8H2. The zero-order chi connectivity index (χ0) is 14.1. The van der Waals surface area contributed by atoms with Gasteiger partial charge in [0.2, 0.25) is 5.89 Å². The lowest BCUT2D eigenvalue weighted by Crippen LogP contribution is -2.05. The van der Waals surface area contributed by atoms with Crippen molar-refractivity contribution in [1.82, 2.24) is 4.98 Å². The molecule has 2 aromatic carbocycles. The monoisotopic (exact) mass is 441 g/mol. The van der Waals surface area contributed by atoms with Crippen molar-refractivity contribution in [3.63, 3.8) is 0 Å².